The van der Waals surface area contributed by atoms with Gasteiger partial charge in [0.2, 0.25) is 0 Å². The van der Waals surface area contributed by atoms with Crippen molar-refractivity contribution in [2.75, 3.05) is 0 Å². The number of benzene rings is 1. The summed E-state index contributed by atoms with van der Waals surface area (Å²) < 4.78 is 0. The zero-order valence-corrected chi connectivity index (χ0v) is 13.0. The molecule has 2 N–H and O–H groups in total. The smallest absolute Gasteiger partial charge is 0.290 e. The molecular formula is C18H16N2O4. The van der Waals surface area contributed by atoms with Crippen molar-refractivity contribution in [2.24, 2.45) is 0 Å². The molecule has 0 saturated heterocycles. The highest BCUT2D eigenvalue weighted by atomic mass is 16.3. The molecule has 1 amide bonds. The number of carbonyl (C=O) groups is 2. The first-order valence-electron chi connectivity index (χ1n) is 7.42. The molecule has 2 heterocycles. The minimum Gasteiger partial charge on any atom is -0.508 e. The normalized spacial score (nSPS) is 17.5. The Morgan fingerprint density at radius 1 is 1.21 bits per heavy atom. The van der Waals surface area contributed by atoms with E-state index >= 15 is 0 Å². The molecule has 0 aliphatic carbocycles. The molecule has 3 rings (SSSR count). The van der Waals surface area contributed by atoms with Crippen molar-refractivity contribution in [3.63, 3.8) is 0 Å². The molecule has 0 bridgehead atoms. The fourth-order valence-electron chi connectivity index (χ4n) is 2.87. The second-order valence-corrected chi connectivity index (χ2v) is 5.61. The maximum Gasteiger partial charge on any atom is 0.290 e. The van der Waals surface area contributed by atoms with E-state index in [0.717, 1.165) is 5.56 Å². The van der Waals surface area contributed by atoms with E-state index in [4.69, 9.17) is 0 Å². The lowest BCUT2D eigenvalue weighted by Crippen LogP contribution is -2.30. The van der Waals surface area contributed by atoms with Crippen LogP contribution >= 0.6 is 0 Å². The summed E-state index contributed by atoms with van der Waals surface area (Å²) in [6, 6.07) is 9.10. The average molecular weight is 324 g/mol. The number of pyridine rings is 1. The molecule has 1 aromatic heterocycles. The first kappa shape index (κ1) is 15.7. The maximum absolute atomic E-state index is 12.5. The highest BCUT2D eigenvalue weighted by Crippen LogP contribution is 2.38. The van der Waals surface area contributed by atoms with Gasteiger partial charge in [-0.25, -0.2) is 0 Å². The fourth-order valence-corrected chi connectivity index (χ4v) is 2.87. The van der Waals surface area contributed by atoms with Crippen LogP contribution in [0.25, 0.3) is 0 Å². The second kappa shape index (κ2) is 6.16. The summed E-state index contributed by atoms with van der Waals surface area (Å²) in [4.78, 5) is 29.9. The minimum atomic E-state index is -0.698. The van der Waals surface area contributed by atoms with E-state index in [1.54, 1.807) is 30.6 Å². The number of nitrogens with zero attached hydrogens (tertiary/aromatic N) is 2. The van der Waals surface area contributed by atoms with E-state index < -0.39 is 17.7 Å². The van der Waals surface area contributed by atoms with Crippen LogP contribution in [-0.2, 0) is 16.1 Å². The molecule has 0 radical (unpaired) electrons. The van der Waals surface area contributed by atoms with Crippen LogP contribution in [0.5, 0.6) is 5.75 Å². The van der Waals surface area contributed by atoms with Crippen LogP contribution < -0.4 is 0 Å². The van der Waals surface area contributed by atoms with Crippen molar-refractivity contribution in [3.05, 3.63) is 71.3 Å². The van der Waals surface area contributed by atoms with E-state index in [1.165, 1.54) is 24.0 Å². The number of Topliss-reactive ketones (excluding diaryl/α,β-unsaturated/α-hetero) is 1. The second-order valence-electron chi connectivity index (χ2n) is 5.61. The number of phenolic OH excluding ortho intramolecular Hbond substituents is 1. The van der Waals surface area contributed by atoms with Crippen LogP contribution in [0.4, 0.5) is 0 Å². The van der Waals surface area contributed by atoms with Crippen molar-refractivity contribution in [3.8, 4) is 5.75 Å². The van der Waals surface area contributed by atoms with Crippen molar-refractivity contribution >= 4 is 11.7 Å². The zero-order valence-electron chi connectivity index (χ0n) is 13.0. The van der Waals surface area contributed by atoms with Crippen molar-refractivity contribution in [1.29, 1.82) is 0 Å². The largest absolute Gasteiger partial charge is 0.508 e. The van der Waals surface area contributed by atoms with Crippen LogP contribution in [0.2, 0.25) is 0 Å². The van der Waals surface area contributed by atoms with Crippen LogP contribution in [0, 0.1) is 0 Å². The summed E-state index contributed by atoms with van der Waals surface area (Å²) in [6.45, 7) is 1.53. The number of aliphatic hydroxyl groups excluding tert-OH is 1. The Labute approximate surface area is 138 Å². The zero-order chi connectivity index (χ0) is 17.3. The molecule has 0 spiro atoms. The van der Waals surface area contributed by atoms with Gasteiger partial charge in [0, 0.05) is 18.9 Å². The van der Waals surface area contributed by atoms with Gasteiger partial charge in [-0.15, -0.1) is 0 Å². The van der Waals surface area contributed by atoms with Gasteiger partial charge in [-0.3, -0.25) is 14.6 Å². The molecular weight excluding hydrogens is 308 g/mol. The SMILES string of the molecule is CC(=O)C1=C(O)C(=O)N(Cc2cccnc2)[C@H]1c1ccc(O)cc1. The number of phenols is 1. The first-order chi connectivity index (χ1) is 11.5. The quantitative estimate of drug-likeness (QED) is 0.900. The standard InChI is InChI=1S/C18H16N2O4/c1-11(21)15-16(13-4-6-14(22)7-5-13)20(18(24)17(15)23)10-12-3-2-8-19-9-12/h2-9,16,22-23H,10H2,1H3/t16-/m0/s1. The average Bonchev–Trinajstić information content (AvgIpc) is 2.82. The van der Waals surface area contributed by atoms with E-state index in [1.807, 2.05) is 6.07 Å². The summed E-state index contributed by atoms with van der Waals surface area (Å²) in [5, 5.41) is 19.6. The van der Waals surface area contributed by atoms with Crippen molar-refractivity contribution in [2.45, 2.75) is 19.5 Å². The topological polar surface area (TPSA) is 90.7 Å². The number of rotatable bonds is 4. The molecule has 0 saturated carbocycles. The molecule has 6 heteroatoms. The Balaban J connectivity index is 2.04. The van der Waals surface area contributed by atoms with Gasteiger partial charge in [0.05, 0.1) is 11.6 Å². The van der Waals surface area contributed by atoms with Gasteiger partial charge < -0.3 is 15.1 Å². The van der Waals surface area contributed by atoms with Gasteiger partial charge in [0.25, 0.3) is 5.91 Å². The minimum absolute atomic E-state index is 0.0644. The number of hydrogen-bond acceptors (Lipinski definition) is 5. The lowest BCUT2D eigenvalue weighted by molar-refractivity contribution is -0.130. The number of aliphatic hydroxyl groups is 1. The summed E-state index contributed by atoms with van der Waals surface area (Å²) >= 11 is 0. The summed E-state index contributed by atoms with van der Waals surface area (Å²) in [7, 11) is 0. The molecule has 0 unspecified atom stereocenters. The Morgan fingerprint density at radius 3 is 2.50 bits per heavy atom. The monoisotopic (exact) mass is 324 g/mol. The molecule has 24 heavy (non-hydrogen) atoms. The number of aromatic hydroxyl groups is 1. The number of amides is 1. The third-order valence-electron chi connectivity index (χ3n) is 3.97. The molecule has 1 atom stereocenters. The predicted molar refractivity (Wildman–Crippen MR) is 86.0 cm³/mol. The van der Waals surface area contributed by atoms with Crippen LogP contribution in [0.15, 0.2) is 60.1 Å². The molecule has 1 aliphatic heterocycles. The Hall–Kier alpha value is -3.15. The van der Waals surface area contributed by atoms with Gasteiger partial charge in [0.1, 0.15) is 5.75 Å². The number of hydrogen-bond donors (Lipinski definition) is 2. The fraction of sp³-hybridized carbons (Fsp3) is 0.167. The molecule has 2 aromatic rings. The highest BCUT2D eigenvalue weighted by Gasteiger charge is 2.42. The van der Waals surface area contributed by atoms with Crippen molar-refractivity contribution in [1.82, 2.24) is 9.88 Å². The Kier molecular flexibility index (Phi) is 4.04. The number of carbonyl (C=O) groups excluding carboxylic acids is 2. The number of ketones is 1. The van der Waals surface area contributed by atoms with Gasteiger partial charge in [-0.05, 0) is 36.2 Å². The van der Waals surface area contributed by atoms with Crippen LogP contribution in [-0.4, -0.2) is 31.8 Å². The Morgan fingerprint density at radius 2 is 1.92 bits per heavy atom. The number of aromatic nitrogens is 1. The van der Waals surface area contributed by atoms with E-state index in [0.29, 0.717) is 5.56 Å². The van der Waals surface area contributed by atoms with Gasteiger partial charge in [0.15, 0.2) is 11.5 Å². The van der Waals surface area contributed by atoms with E-state index in [-0.39, 0.29) is 23.7 Å². The van der Waals surface area contributed by atoms with E-state index in [2.05, 4.69) is 4.98 Å². The third-order valence-corrected chi connectivity index (χ3v) is 3.97. The first-order valence-corrected chi connectivity index (χ1v) is 7.42. The maximum atomic E-state index is 12.5. The van der Waals surface area contributed by atoms with Crippen LogP contribution in [0.1, 0.15) is 24.1 Å². The van der Waals surface area contributed by atoms with E-state index in [9.17, 15) is 19.8 Å². The molecule has 1 aromatic carbocycles. The van der Waals surface area contributed by atoms with Crippen LogP contribution in [0.3, 0.4) is 0 Å². The van der Waals surface area contributed by atoms with Gasteiger partial charge >= 0.3 is 0 Å². The lowest BCUT2D eigenvalue weighted by atomic mass is 9.96. The summed E-state index contributed by atoms with van der Waals surface area (Å²) in [6.07, 6.45) is 3.26. The molecule has 6 nitrogen and oxygen atoms in total. The van der Waals surface area contributed by atoms with Gasteiger partial charge in [-0.2, -0.15) is 0 Å². The molecule has 1 aliphatic rings. The lowest BCUT2D eigenvalue weighted by Gasteiger charge is -2.26. The summed E-state index contributed by atoms with van der Waals surface area (Å²) in [5.41, 5.74) is 1.49. The molecule has 122 valence electrons. The molecule has 0 fully saturated rings. The predicted octanol–water partition coefficient (Wildman–Crippen LogP) is 2.27. The van der Waals surface area contributed by atoms with Crippen molar-refractivity contribution < 1.29 is 19.8 Å². The highest BCUT2D eigenvalue weighted by molar-refractivity contribution is 6.08. The third kappa shape index (κ3) is 2.74. The Bertz CT molecular complexity index is 813. The van der Waals surface area contributed by atoms with Gasteiger partial charge in [-0.1, -0.05) is 18.2 Å². The summed E-state index contributed by atoms with van der Waals surface area (Å²) in [5.74, 6) is -1.40.